The number of hydrogen-bond donors (Lipinski definition) is 1. The number of aliphatic imine (C=N–C) groups is 1. The zero-order valence-corrected chi connectivity index (χ0v) is 7.59. The van der Waals surface area contributed by atoms with Gasteiger partial charge in [0.05, 0.1) is 12.4 Å². The van der Waals surface area contributed by atoms with Crippen LogP contribution in [0.5, 0.6) is 0 Å². The summed E-state index contributed by atoms with van der Waals surface area (Å²) in [6, 6.07) is 1.99. The summed E-state index contributed by atoms with van der Waals surface area (Å²) in [4.78, 5) is 3.86. The van der Waals surface area contributed by atoms with Gasteiger partial charge in [-0.25, -0.2) is 0 Å². The van der Waals surface area contributed by atoms with Crippen LogP contribution in [0.1, 0.15) is 6.92 Å². The molecule has 1 N–H and O–H groups in total. The lowest BCUT2D eigenvalue weighted by Crippen LogP contribution is -2.18. The molecule has 4 heteroatoms. The maximum absolute atomic E-state index is 8.61. The van der Waals surface area contributed by atoms with Gasteiger partial charge >= 0.3 is 0 Å². The number of rotatable bonds is 3. The van der Waals surface area contributed by atoms with Crippen LogP contribution in [-0.2, 0) is 4.74 Å². The molecule has 0 amide bonds. The van der Waals surface area contributed by atoms with Gasteiger partial charge in [-0.1, -0.05) is 0 Å². The molecule has 0 rings (SSSR count). The van der Waals surface area contributed by atoms with Crippen LogP contribution in [-0.4, -0.2) is 26.6 Å². The smallest absolute Gasteiger partial charge is 0.117 e. The number of allylic oxidation sites excluding steroid dienone is 1. The minimum absolute atomic E-state index is 0.423. The topological polar surface area (TPSA) is 57.4 Å². The molecule has 0 heterocycles. The summed E-state index contributed by atoms with van der Waals surface area (Å²) in [5, 5.41) is 11.4. The predicted octanol–water partition coefficient (Wildman–Crippen LogP) is 0.678. The molecule has 0 bridgehead atoms. The number of nitriles is 1. The number of amidine groups is 1. The molecule has 0 aromatic rings. The molecule has 4 nitrogen and oxygen atoms in total. The Morgan fingerprint density at radius 3 is 2.83 bits per heavy atom. The van der Waals surface area contributed by atoms with E-state index in [2.05, 4.69) is 10.3 Å². The Hall–Kier alpha value is -1.34. The summed E-state index contributed by atoms with van der Waals surface area (Å²) in [5.74, 6) is 0.707. The first-order chi connectivity index (χ1) is 5.74. The molecule has 0 saturated heterocycles. The Balaban J connectivity index is 4.11. The first-order valence-corrected chi connectivity index (χ1v) is 3.54. The van der Waals surface area contributed by atoms with E-state index < -0.39 is 0 Å². The number of methoxy groups -OCH3 is 1. The minimum Gasteiger partial charge on any atom is -0.381 e. The van der Waals surface area contributed by atoms with Crippen LogP contribution < -0.4 is 5.32 Å². The third-order valence-corrected chi connectivity index (χ3v) is 1.23. The van der Waals surface area contributed by atoms with Crippen molar-refractivity contribution < 1.29 is 4.74 Å². The van der Waals surface area contributed by atoms with Gasteiger partial charge in [-0.05, 0) is 13.0 Å². The molecule has 0 aromatic carbocycles. The van der Waals surface area contributed by atoms with Crippen molar-refractivity contribution in [2.45, 2.75) is 6.92 Å². The van der Waals surface area contributed by atoms with E-state index in [0.29, 0.717) is 18.1 Å². The SMILES string of the molecule is CN=C(C)N/C(C#N)=C\COC. The van der Waals surface area contributed by atoms with E-state index in [9.17, 15) is 0 Å². The fourth-order valence-corrected chi connectivity index (χ4v) is 0.542. The highest BCUT2D eigenvalue weighted by molar-refractivity contribution is 5.81. The number of ether oxygens (including phenoxy) is 1. The van der Waals surface area contributed by atoms with E-state index in [-0.39, 0.29) is 0 Å². The predicted molar refractivity (Wildman–Crippen MR) is 47.7 cm³/mol. The largest absolute Gasteiger partial charge is 0.381 e. The lowest BCUT2D eigenvalue weighted by Gasteiger charge is -2.01. The molecular formula is C8H13N3O. The quantitative estimate of drug-likeness (QED) is 0.382. The van der Waals surface area contributed by atoms with Crippen LogP contribution in [0.2, 0.25) is 0 Å². The monoisotopic (exact) mass is 167 g/mol. The minimum atomic E-state index is 0.423. The van der Waals surface area contributed by atoms with E-state index in [1.165, 1.54) is 0 Å². The summed E-state index contributed by atoms with van der Waals surface area (Å²) in [6.07, 6.45) is 1.66. The van der Waals surface area contributed by atoms with E-state index in [1.807, 2.05) is 6.07 Å². The van der Waals surface area contributed by atoms with Crippen molar-refractivity contribution in [2.75, 3.05) is 20.8 Å². The Bertz CT molecular complexity index is 225. The third kappa shape index (κ3) is 4.47. The van der Waals surface area contributed by atoms with Crippen molar-refractivity contribution in [3.05, 3.63) is 11.8 Å². The molecule has 66 valence electrons. The Labute approximate surface area is 72.6 Å². The maximum Gasteiger partial charge on any atom is 0.117 e. The van der Waals surface area contributed by atoms with Crippen molar-refractivity contribution in [3.63, 3.8) is 0 Å². The molecule has 0 fully saturated rings. The lowest BCUT2D eigenvalue weighted by molar-refractivity contribution is 0.233. The normalized spacial score (nSPS) is 12.5. The van der Waals surface area contributed by atoms with Crippen LogP contribution in [0.3, 0.4) is 0 Å². The fraction of sp³-hybridized carbons (Fsp3) is 0.500. The van der Waals surface area contributed by atoms with E-state index in [0.717, 1.165) is 0 Å². The number of nitrogens with zero attached hydrogens (tertiary/aromatic N) is 2. The molecule has 0 aliphatic heterocycles. The van der Waals surface area contributed by atoms with Gasteiger partial charge in [0.15, 0.2) is 0 Å². The van der Waals surface area contributed by atoms with Crippen LogP contribution >= 0.6 is 0 Å². The van der Waals surface area contributed by atoms with Gasteiger partial charge in [-0.2, -0.15) is 5.26 Å². The first-order valence-electron chi connectivity index (χ1n) is 3.54. The van der Waals surface area contributed by atoms with Gasteiger partial charge in [0.2, 0.25) is 0 Å². The van der Waals surface area contributed by atoms with Crippen molar-refractivity contribution >= 4 is 5.84 Å². The van der Waals surface area contributed by atoms with Crippen molar-refractivity contribution in [1.29, 1.82) is 5.26 Å². The van der Waals surface area contributed by atoms with Gasteiger partial charge in [0.1, 0.15) is 11.8 Å². The van der Waals surface area contributed by atoms with Gasteiger partial charge in [-0.3, -0.25) is 4.99 Å². The van der Waals surface area contributed by atoms with E-state index >= 15 is 0 Å². The second-order valence-corrected chi connectivity index (χ2v) is 2.12. The standard InChI is InChI=1S/C8H13N3O/c1-7(10-2)11-8(6-9)4-5-12-3/h4H,5H2,1-3H3,(H,10,11)/b8-4-. The van der Waals surface area contributed by atoms with Crippen LogP contribution in [0, 0.1) is 11.3 Å². The molecule has 0 aromatic heterocycles. The number of nitrogens with one attached hydrogen (secondary N) is 1. The van der Waals surface area contributed by atoms with Crippen LogP contribution in [0.25, 0.3) is 0 Å². The van der Waals surface area contributed by atoms with Gasteiger partial charge < -0.3 is 10.1 Å². The molecule has 0 atom stereocenters. The first kappa shape index (κ1) is 10.7. The second-order valence-electron chi connectivity index (χ2n) is 2.12. The molecule has 0 radical (unpaired) electrons. The maximum atomic E-state index is 8.61. The molecule has 0 saturated carbocycles. The lowest BCUT2D eigenvalue weighted by atomic mass is 10.4. The van der Waals surface area contributed by atoms with Crippen molar-refractivity contribution in [2.24, 2.45) is 4.99 Å². The highest BCUT2D eigenvalue weighted by Crippen LogP contribution is 1.86. The summed E-state index contributed by atoms with van der Waals surface area (Å²) in [7, 11) is 3.24. The summed E-state index contributed by atoms with van der Waals surface area (Å²) >= 11 is 0. The molecular weight excluding hydrogens is 154 g/mol. The summed E-state index contributed by atoms with van der Waals surface area (Å²) < 4.78 is 4.78. The Morgan fingerprint density at radius 2 is 2.42 bits per heavy atom. The fourth-order valence-electron chi connectivity index (χ4n) is 0.542. The van der Waals surface area contributed by atoms with E-state index in [4.69, 9.17) is 10.00 Å². The van der Waals surface area contributed by atoms with Crippen molar-refractivity contribution in [1.82, 2.24) is 5.32 Å². The summed E-state index contributed by atoms with van der Waals surface area (Å²) in [5.41, 5.74) is 0.458. The average molecular weight is 167 g/mol. The molecule has 0 spiro atoms. The van der Waals surface area contributed by atoms with Crippen LogP contribution in [0.15, 0.2) is 16.8 Å². The van der Waals surface area contributed by atoms with Crippen LogP contribution in [0.4, 0.5) is 0 Å². The Morgan fingerprint density at radius 1 is 1.75 bits per heavy atom. The average Bonchev–Trinajstić information content (AvgIpc) is 2.11. The van der Waals surface area contributed by atoms with Crippen molar-refractivity contribution in [3.8, 4) is 6.07 Å². The van der Waals surface area contributed by atoms with E-state index in [1.54, 1.807) is 27.2 Å². The highest BCUT2D eigenvalue weighted by Gasteiger charge is 1.93. The zero-order chi connectivity index (χ0) is 9.40. The molecule has 0 unspecified atom stereocenters. The van der Waals surface area contributed by atoms with Gasteiger partial charge in [-0.15, -0.1) is 0 Å². The number of hydrogen-bond acceptors (Lipinski definition) is 3. The third-order valence-electron chi connectivity index (χ3n) is 1.23. The van der Waals surface area contributed by atoms with Gasteiger partial charge in [0.25, 0.3) is 0 Å². The Kier molecular flexibility index (Phi) is 5.66. The second kappa shape index (κ2) is 6.38. The molecule has 0 aliphatic rings. The zero-order valence-electron chi connectivity index (χ0n) is 7.59. The van der Waals surface area contributed by atoms with Gasteiger partial charge in [0, 0.05) is 14.2 Å². The molecule has 0 aliphatic carbocycles. The molecule has 12 heavy (non-hydrogen) atoms. The summed E-state index contributed by atoms with van der Waals surface area (Å²) in [6.45, 7) is 2.21. The highest BCUT2D eigenvalue weighted by atomic mass is 16.5.